The van der Waals surface area contributed by atoms with Gasteiger partial charge in [-0.25, -0.2) is 0 Å². The van der Waals surface area contributed by atoms with E-state index in [1.165, 1.54) is 0 Å². The maximum Gasteiger partial charge on any atom is 0.263 e. The van der Waals surface area contributed by atoms with E-state index in [0.717, 1.165) is 11.8 Å². The molecular weight excluding hydrogens is 427 g/mol. The second kappa shape index (κ2) is 8.75. The summed E-state index contributed by atoms with van der Waals surface area (Å²) in [5.74, 6) is -0.245. The smallest absolute Gasteiger partial charge is 0.263 e. The highest BCUT2D eigenvalue weighted by Crippen LogP contribution is 2.31. The van der Waals surface area contributed by atoms with E-state index in [-0.39, 0.29) is 18.4 Å². The van der Waals surface area contributed by atoms with Gasteiger partial charge in [0.1, 0.15) is 10.1 Å². The molecule has 138 valence electrons. The molecule has 27 heavy (non-hydrogen) atoms. The van der Waals surface area contributed by atoms with E-state index in [0.29, 0.717) is 36.3 Å². The summed E-state index contributed by atoms with van der Waals surface area (Å²) in [7, 11) is 0. The molecule has 1 aliphatic heterocycles. The topological polar surface area (TPSA) is 67.4 Å². The average Bonchev–Trinajstić information content (AvgIpc) is 2.93. The molecule has 1 saturated heterocycles. The Labute approximate surface area is 175 Å². The maximum absolute atomic E-state index is 12.1. The summed E-state index contributed by atoms with van der Waals surface area (Å²) >= 11 is 18.2. The molecule has 0 unspecified atom stereocenters. The van der Waals surface area contributed by atoms with Crippen LogP contribution in [-0.4, -0.2) is 22.7 Å². The van der Waals surface area contributed by atoms with Crippen molar-refractivity contribution in [2.45, 2.75) is 0 Å². The Morgan fingerprint density at radius 2 is 2.04 bits per heavy atom. The molecule has 0 atom stereocenters. The normalized spacial score (nSPS) is 15.0. The number of amides is 2. The number of hydrogen-bond acceptors (Lipinski definition) is 5. The Morgan fingerprint density at radius 1 is 1.26 bits per heavy atom. The van der Waals surface area contributed by atoms with Crippen molar-refractivity contribution in [3.8, 4) is 5.75 Å². The fourth-order valence-electron chi connectivity index (χ4n) is 2.22. The number of hydrogen-bond donors (Lipinski definition) is 2. The van der Waals surface area contributed by atoms with Crippen LogP contribution in [0.1, 0.15) is 5.56 Å². The van der Waals surface area contributed by atoms with Crippen molar-refractivity contribution in [1.29, 1.82) is 0 Å². The van der Waals surface area contributed by atoms with Gasteiger partial charge in [0, 0.05) is 10.6 Å². The summed E-state index contributed by atoms with van der Waals surface area (Å²) in [5, 5.41) is 6.12. The minimum atomic E-state index is -0.370. The lowest BCUT2D eigenvalue weighted by Gasteiger charge is -2.11. The van der Waals surface area contributed by atoms with Crippen molar-refractivity contribution in [2.24, 2.45) is 0 Å². The van der Waals surface area contributed by atoms with Crippen molar-refractivity contribution in [3.63, 3.8) is 0 Å². The second-order valence-corrected chi connectivity index (χ2v) is 7.91. The molecule has 2 aromatic rings. The quantitative estimate of drug-likeness (QED) is 0.531. The van der Waals surface area contributed by atoms with E-state index in [4.69, 9.17) is 40.2 Å². The molecule has 0 aliphatic carbocycles. The monoisotopic (exact) mass is 438 g/mol. The lowest BCUT2D eigenvalue weighted by molar-refractivity contribution is -0.118. The first kappa shape index (κ1) is 19.7. The minimum Gasteiger partial charge on any atom is -0.483 e. The molecule has 0 aromatic heterocycles. The summed E-state index contributed by atoms with van der Waals surface area (Å²) in [6, 6.07) is 11.8. The minimum absolute atomic E-state index is 0.235. The highest BCUT2D eigenvalue weighted by atomic mass is 35.5. The standard InChI is InChI=1S/C18H12Cl2N2O3S2/c19-11-5-6-14(10(7-11)8-15-17(24)22-18(26)27-15)25-9-16(23)21-13-4-2-1-3-12(13)20/h1-8H,9H2,(H,21,23)(H,22,24,26)/b15-8-. The number of rotatable bonds is 5. The van der Waals surface area contributed by atoms with E-state index in [1.807, 2.05) is 0 Å². The van der Waals surface area contributed by atoms with E-state index in [2.05, 4.69) is 10.6 Å². The van der Waals surface area contributed by atoms with Crippen molar-refractivity contribution in [3.05, 3.63) is 63.0 Å². The Balaban J connectivity index is 1.73. The zero-order valence-corrected chi connectivity index (χ0v) is 16.8. The predicted octanol–water partition coefficient (Wildman–Crippen LogP) is 4.50. The van der Waals surface area contributed by atoms with E-state index in [1.54, 1.807) is 48.5 Å². The molecule has 2 aromatic carbocycles. The molecule has 1 aliphatic rings. The van der Waals surface area contributed by atoms with Crippen molar-refractivity contribution >= 4 is 75.1 Å². The summed E-state index contributed by atoms with van der Waals surface area (Å²) in [6.07, 6.45) is 1.62. The Hall–Kier alpha value is -2.06. The molecule has 1 heterocycles. The summed E-state index contributed by atoms with van der Waals surface area (Å²) in [4.78, 5) is 24.4. The number of halogens is 2. The molecule has 2 N–H and O–H groups in total. The second-order valence-electron chi connectivity index (χ2n) is 5.35. The van der Waals surface area contributed by atoms with Crippen LogP contribution in [0.3, 0.4) is 0 Å². The van der Waals surface area contributed by atoms with Gasteiger partial charge in [-0.2, -0.15) is 0 Å². The molecule has 0 saturated carbocycles. The Kier molecular flexibility index (Phi) is 6.38. The van der Waals surface area contributed by atoms with E-state index >= 15 is 0 Å². The van der Waals surface area contributed by atoms with Gasteiger partial charge >= 0.3 is 0 Å². The van der Waals surface area contributed by atoms with Crippen LogP contribution in [0.4, 0.5) is 5.69 Å². The predicted molar refractivity (Wildman–Crippen MR) is 113 cm³/mol. The third kappa shape index (κ3) is 5.23. The zero-order valence-electron chi connectivity index (χ0n) is 13.6. The first-order valence-corrected chi connectivity index (χ1v) is 9.62. The number of ether oxygens (including phenoxy) is 1. The summed E-state index contributed by atoms with van der Waals surface area (Å²) < 4.78 is 5.99. The highest BCUT2D eigenvalue weighted by Gasteiger charge is 2.22. The lowest BCUT2D eigenvalue weighted by Crippen LogP contribution is -2.20. The fraction of sp³-hybridized carbons (Fsp3) is 0.0556. The SMILES string of the molecule is O=C(COc1ccc(Cl)cc1/C=C1\SC(=S)NC1=O)Nc1ccccc1Cl. The van der Waals surface area contributed by atoms with Gasteiger partial charge < -0.3 is 15.4 Å². The van der Waals surface area contributed by atoms with Crippen LogP contribution in [0.25, 0.3) is 6.08 Å². The van der Waals surface area contributed by atoms with Crippen LogP contribution in [0.2, 0.25) is 10.0 Å². The van der Waals surface area contributed by atoms with Gasteiger partial charge in [0.2, 0.25) is 0 Å². The summed E-state index contributed by atoms with van der Waals surface area (Å²) in [5.41, 5.74) is 1.06. The molecular formula is C18H12Cl2N2O3S2. The van der Waals surface area contributed by atoms with Crippen LogP contribution in [0.5, 0.6) is 5.75 Å². The van der Waals surface area contributed by atoms with E-state index in [9.17, 15) is 9.59 Å². The zero-order chi connectivity index (χ0) is 19.4. The van der Waals surface area contributed by atoms with Crippen LogP contribution in [0, 0.1) is 0 Å². The third-order valence-electron chi connectivity index (χ3n) is 3.41. The number of carbonyl (C=O) groups is 2. The van der Waals surface area contributed by atoms with Gasteiger partial charge in [-0.05, 0) is 36.4 Å². The largest absolute Gasteiger partial charge is 0.483 e. The Morgan fingerprint density at radius 3 is 2.74 bits per heavy atom. The highest BCUT2D eigenvalue weighted by molar-refractivity contribution is 8.26. The van der Waals surface area contributed by atoms with Crippen LogP contribution in [-0.2, 0) is 9.59 Å². The molecule has 5 nitrogen and oxygen atoms in total. The van der Waals surface area contributed by atoms with Gasteiger partial charge in [0.05, 0.1) is 15.6 Å². The molecule has 9 heteroatoms. The number of thioether (sulfide) groups is 1. The number of para-hydroxylation sites is 1. The van der Waals surface area contributed by atoms with Crippen molar-refractivity contribution < 1.29 is 14.3 Å². The van der Waals surface area contributed by atoms with Gasteiger partial charge in [-0.1, -0.05) is 59.3 Å². The molecule has 0 spiro atoms. The maximum atomic E-state index is 12.1. The van der Waals surface area contributed by atoms with Gasteiger partial charge in [0.15, 0.2) is 6.61 Å². The molecule has 0 radical (unpaired) electrons. The first-order valence-electron chi connectivity index (χ1n) is 7.64. The number of carbonyl (C=O) groups excluding carboxylic acids is 2. The molecule has 1 fully saturated rings. The molecule has 2 amide bonds. The van der Waals surface area contributed by atoms with Crippen LogP contribution < -0.4 is 15.4 Å². The number of anilines is 1. The van der Waals surface area contributed by atoms with Crippen LogP contribution >= 0.6 is 47.2 Å². The van der Waals surface area contributed by atoms with Gasteiger partial charge in [-0.15, -0.1) is 0 Å². The number of benzene rings is 2. The van der Waals surface area contributed by atoms with Crippen molar-refractivity contribution in [1.82, 2.24) is 5.32 Å². The average molecular weight is 439 g/mol. The number of nitrogens with one attached hydrogen (secondary N) is 2. The van der Waals surface area contributed by atoms with Crippen LogP contribution in [0.15, 0.2) is 47.4 Å². The molecule has 0 bridgehead atoms. The lowest BCUT2D eigenvalue weighted by atomic mass is 10.2. The third-order valence-corrected chi connectivity index (χ3v) is 5.13. The van der Waals surface area contributed by atoms with E-state index < -0.39 is 0 Å². The molecule has 3 rings (SSSR count). The fourth-order valence-corrected chi connectivity index (χ4v) is 3.62. The van der Waals surface area contributed by atoms with Gasteiger partial charge in [-0.3, -0.25) is 9.59 Å². The van der Waals surface area contributed by atoms with Gasteiger partial charge in [0.25, 0.3) is 11.8 Å². The number of thiocarbonyl (C=S) groups is 1. The summed E-state index contributed by atoms with van der Waals surface area (Å²) in [6.45, 7) is -0.235. The Bertz CT molecular complexity index is 963. The first-order chi connectivity index (χ1) is 12.9. The van der Waals surface area contributed by atoms with Crippen molar-refractivity contribution in [2.75, 3.05) is 11.9 Å².